The van der Waals surface area contributed by atoms with Crippen molar-refractivity contribution < 1.29 is 8.42 Å². The molecule has 0 aliphatic carbocycles. The number of anilines is 1. The summed E-state index contributed by atoms with van der Waals surface area (Å²) in [5.74, 6) is 0.811. The van der Waals surface area contributed by atoms with Gasteiger partial charge in [-0.2, -0.15) is 4.31 Å². The van der Waals surface area contributed by atoms with E-state index < -0.39 is 10.0 Å². The van der Waals surface area contributed by atoms with Gasteiger partial charge in [0, 0.05) is 45.0 Å². The highest BCUT2D eigenvalue weighted by molar-refractivity contribution is 7.88. The van der Waals surface area contributed by atoms with Crippen LogP contribution in [0.5, 0.6) is 0 Å². The molecule has 1 saturated heterocycles. The van der Waals surface area contributed by atoms with E-state index >= 15 is 0 Å². The average Bonchev–Trinajstić information content (AvgIpc) is 2.45. The molecule has 7 nitrogen and oxygen atoms in total. The van der Waals surface area contributed by atoms with Crippen molar-refractivity contribution >= 4 is 15.8 Å². The zero-order valence-corrected chi connectivity index (χ0v) is 13.6. The van der Waals surface area contributed by atoms with Gasteiger partial charge in [-0.25, -0.2) is 13.4 Å². The summed E-state index contributed by atoms with van der Waals surface area (Å²) < 4.78 is 24.5. The largest absolute Gasteiger partial charge is 0.353 e. The van der Waals surface area contributed by atoms with Gasteiger partial charge in [-0.15, -0.1) is 0 Å². The smallest absolute Gasteiger partial charge is 0.211 e. The second-order valence-corrected chi connectivity index (χ2v) is 7.54. The molecule has 0 amide bonds. The van der Waals surface area contributed by atoms with Gasteiger partial charge in [0.2, 0.25) is 10.0 Å². The summed E-state index contributed by atoms with van der Waals surface area (Å²) in [5, 5.41) is 3.31. The summed E-state index contributed by atoms with van der Waals surface area (Å²) in [6, 6.07) is 0.397. The summed E-state index contributed by atoms with van der Waals surface area (Å²) in [4.78, 5) is 10.9. The number of nitrogens with one attached hydrogen (secondary N) is 1. The van der Waals surface area contributed by atoms with Crippen LogP contribution < -0.4 is 10.2 Å². The predicted molar refractivity (Wildman–Crippen MR) is 82.6 cm³/mol. The number of nitrogens with zero attached hydrogens (tertiary/aromatic N) is 4. The molecule has 1 aliphatic rings. The van der Waals surface area contributed by atoms with Crippen molar-refractivity contribution in [1.29, 1.82) is 0 Å². The van der Waals surface area contributed by atoms with Crippen molar-refractivity contribution in [3.05, 3.63) is 18.1 Å². The van der Waals surface area contributed by atoms with E-state index in [4.69, 9.17) is 0 Å². The van der Waals surface area contributed by atoms with Gasteiger partial charge < -0.3 is 10.2 Å². The molecule has 118 valence electrons. The first-order valence-corrected chi connectivity index (χ1v) is 8.95. The highest BCUT2D eigenvalue weighted by atomic mass is 32.2. The van der Waals surface area contributed by atoms with Gasteiger partial charge in [-0.1, -0.05) is 13.8 Å². The van der Waals surface area contributed by atoms with E-state index in [0.717, 1.165) is 11.5 Å². The van der Waals surface area contributed by atoms with Crippen LogP contribution in [0.1, 0.15) is 19.5 Å². The summed E-state index contributed by atoms with van der Waals surface area (Å²) in [5.41, 5.74) is 0.895. The van der Waals surface area contributed by atoms with Crippen LogP contribution in [0.15, 0.2) is 12.4 Å². The van der Waals surface area contributed by atoms with Gasteiger partial charge in [0.1, 0.15) is 5.82 Å². The van der Waals surface area contributed by atoms with E-state index in [1.807, 2.05) is 0 Å². The molecule has 0 aromatic carbocycles. The number of piperazine rings is 1. The number of hydrogen-bond donors (Lipinski definition) is 1. The number of hydrogen-bond acceptors (Lipinski definition) is 6. The maximum atomic E-state index is 11.5. The van der Waals surface area contributed by atoms with Gasteiger partial charge in [0.15, 0.2) is 0 Å². The summed E-state index contributed by atoms with van der Waals surface area (Å²) >= 11 is 0. The third-order valence-electron chi connectivity index (χ3n) is 3.39. The lowest BCUT2D eigenvalue weighted by Gasteiger charge is -2.33. The van der Waals surface area contributed by atoms with E-state index in [2.05, 4.69) is 34.0 Å². The van der Waals surface area contributed by atoms with Crippen LogP contribution in [0, 0.1) is 0 Å². The topological polar surface area (TPSA) is 78.4 Å². The first kappa shape index (κ1) is 16.1. The molecule has 0 bridgehead atoms. The fraction of sp³-hybridized carbons (Fsp3) is 0.692. The molecule has 1 N–H and O–H groups in total. The van der Waals surface area contributed by atoms with Gasteiger partial charge in [0.05, 0.1) is 18.1 Å². The van der Waals surface area contributed by atoms with E-state index in [1.165, 1.54) is 10.6 Å². The second-order valence-electron chi connectivity index (χ2n) is 5.55. The van der Waals surface area contributed by atoms with Crippen molar-refractivity contribution in [1.82, 2.24) is 19.6 Å². The molecule has 0 atom stereocenters. The molecule has 0 unspecified atom stereocenters. The Hall–Kier alpha value is -1.25. The number of aromatic nitrogens is 2. The van der Waals surface area contributed by atoms with E-state index in [-0.39, 0.29) is 0 Å². The monoisotopic (exact) mass is 313 g/mol. The normalized spacial score (nSPS) is 17.4. The minimum atomic E-state index is -3.10. The summed E-state index contributed by atoms with van der Waals surface area (Å²) in [7, 11) is -3.10. The lowest BCUT2D eigenvalue weighted by atomic mass is 10.3. The Labute approximate surface area is 126 Å². The molecular weight excluding hydrogens is 290 g/mol. The lowest BCUT2D eigenvalue weighted by molar-refractivity contribution is 0.386. The summed E-state index contributed by atoms with van der Waals surface area (Å²) in [6.45, 7) is 7.13. The SMILES string of the molecule is CC(C)NCc1cncc(N2CCN(S(C)(=O)=O)CC2)n1. The Morgan fingerprint density at radius 3 is 2.48 bits per heavy atom. The van der Waals surface area contributed by atoms with E-state index in [1.54, 1.807) is 12.4 Å². The third-order valence-corrected chi connectivity index (χ3v) is 4.70. The van der Waals surface area contributed by atoms with Crippen molar-refractivity contribution in [2.45, 2.75) is 26.4 Å². The maximum absolute atomic E-state index is 11.5. The van der Waals surface area contributed by atoms with Gasteiger partial charge >= 0.3 is 0 Å². The van der Waals surface area contributed by atoms with Crippen molar-refractivity contribution in [2.24, 2.45) is 0 Å². The molecule has 2 rings (SSSR count). The average molecular weight is 313 g/mol. The third kappa shape index (κ3) is 4.62. The number of sulfonamides is 1. The minimum absolute atomic E-state index is 0.397. The molecule has 8 heteroatoms. The van der Waals surface area contributed by atoms with Crippen molar-refractivity contribution in [3.63, 3.8) is 0 Å². The molecular formula is C13H23N5O2S. The zero-order valence-electron chi connectivity index (χ0n) is 12.8. The highest BCUT2D eigenvalue weighted by Gasteiger charge is 2.24. The molecule has 1 aliphatic heterocycles. The Kier molecular flexibility index (Phi) is 5.13. The standard InChI is InChI=1S/C13H23N5O2S/c1-11(2)15-9-12-8-14-10-13(16-12)17-4-6-18(7-5-17)21(3,19)20/h8,10-11,15H,4-7,9H2,1-3H3. The molecule has 1 fully saturated rings. The van der Waals surface area contributed by atoms with E-state index in [9.17, 15) is 8.42 Å². The summed E-state index contributed by atoms with van der Waals surface area (Å²) in [6.07, 6.45) is 4.74. The fourth-order valence-corrected chi connectivity index (χ4v) is 3.02. The molecule has 1 aromatic heterocycles. The molecule has 2 heterocycles. The second kappa shape index (κ2) is 6.67. The highest BCUT2D eigenvalue weighted by Crippen LogP contribution is 2.14. The number of rotatable bonds is 5. The Bertz CT molecular complexity index is 568. The predicted octanol–water partition coefficient (Wildman–Crippen LogP) is 0.0562. The molecule has 0 saturated carbocycles. The van der Waals surface area contributed by atoms with E-state index in [0.29, 0.717) is 38.8 Å². The minimum Gasteiger partial charge on any atom is -0.353 e. The fourth-order valence-electron chi connectivity index (χ4n) is 2.19. The zero-order chi connectivity index (χ0) is 15.5. The molecule has 1 aromatic rings. The lowest BCUT2D eigenvalue weighted by Crippen LogP contribution is -2.48. The van der Waals surface area contributed by atoms with Crippen LogP contribution >= 0.6 is 0 Å². The molecule has 21 heavy (non-hydrogen) atoms. The van der Waals surface area contributed by atoms with Crippen molar-refractivity contribution in [3.8, 4) is 0 Å². The quantitative estimate of drug-likeness (QED) is 0.828. The van der Waals surface area contributed by atoms with Gasteiger partial charge in [-0.05, 0) is 0 Å². The van der Waals surface area contributed by atoms with Crippen LogP contribution in [0.2, 0.25) is 0 Å². The first-order valence-electron chi connectivity index (χ1n) is 7.10. The van der Waals surface area contributed by atoms with Crippen LogP contribution in [-0.4, -0.2) is 61.2 Å². The van der Waals surface area contributed by atoms with Crippen molar-refractivity contribution in [2.75, 3.05) is 37.3 Å². The Morgan fingerprint density at radius 1 is 1.24 bits per heavy atom. The Morgan fingerprint density at radius 2 is 1.90 bits per heavy atom. The van der Waals surface area contributed by atoms with Crippen LogP contribution in [0.3, 0.4) is 0 Å². The van der Waals surface area contributed by atoms with Gasteiger partial charge in [0.25, 0.3) is 0 Å². The van der Waals surface area contributed by atoms with Gasteiger partial charge in [-0.3, -0.25) is 4.98 Å². The Balaban J connectivity index is 1.98. The molecule has 0 radical (unpaired) electrons. The first-order chi connectivity index (χ1) is 9.86. The van der Waals surface area contributed by atoms with Crippen LogP contribution in [0.4, 0.5) is 5.82 Å². The molecule has 0 spiro atoms. The maximum Gasteiger partial charge on any atom is 0.211 e. The van der Waals surface area contributed by atoms with Crippen LogP contribution in [-0.2, 0) is 16.6 Å². The van der Waals surface area contributed by atoms with Crippen LogP contribution in [0.25, 0.3) is 0 Å².